The average molecular weight is 352 g/mol. The van der Waals surface area contributed by atoms with Gasteiger partial charge in [-0.15, -0.1) is 11.3 Å². The van der Waals surface area contributed by atoms with Gasteiger partial charge in [0.15, 0.2) is 0 Å². The standard InChI is InChI=1S/C19H20N4OS/c1-2-5-15(6-3-1)17-14-25-18(22-17)13-23-11-7-16(8-12-23)24-19-20-9-4-10-21-19/h1-6,9-10,14,16H,7-8,11-13H2. The maximum absolute atomic E-state index is 5.85. The molecule has 1 fully saturated rings. The maximum atomic E-state index is 5.85. The molecule has 6 heteroatoms. The minimum absolute atomic E-state index is 0.204. The maximum Gasteiger partial charge on any atom is 0.316 e. The van der Waals surface area contributed by atoms with Crippen LogP contribution in [0.3, 0.4) is 0 Å². The number of nitrogens with zero attached hydrogens (tertiary/aromatic N) is 4. The van der Waals surface area contributed by atoms with E-state index in [2.05, 4.69) is 44.5 Å². The number of benzene rings is 1. The zero-order valence-corrected chi connectivity index (χ0v) is 14.7. The van der Waals surface area contributed by atoms with E-state index in [0.717, 1.165) is 38.2 Å². The van der Waals surface area contributed by atoms with Crippen molar-refractivity contribution >= 4 is 11.3 Å². The summed E-state index contributed by atoms with van der Waals surface area (Å²) in [6.07, 6.45) is 5.62. The van der Waals surface area contributed by atoms with E-state index in [9.17, 15) is 0 Å². The van der Waals surface area contributed by atoms with Crippen molar-refractivity contribution < 1.29 is 4.74 Å². The largest absolute Gasteiger partial charge is 0.460 e. The topological polar surface area (TPSA) is 51.1 Å². The normalized spacial score (nSPS) is 16.0. The van der Waals surface area contributed by atoms with Crippen molar-refractivity contribution in [3.05, 3.63) is 59.2 Å². The zero-order chi connectivity index (χ0) is 16.9. The lowest BCUT2D eigenvalue weighted by Gasteiger charge is -2.30. The Labute approximate surface area is 151 Å². The summed E-state index contributed by atoms with van der Waals surface area (Å²) in [5, 5.41) is 3.32. The summed E-state index contributed by atoms with van der Waals surface area (Å²) >= 11 is 1.74. The Morgan fingerprint density at radius 1 is 1.04 bits per heavy atom. The predicted octanol–water partition coefficient (Wildman–Crippen LogP) is 3.64. The number of rotatable bonds is 5. The van der Waals surface area contributed by atoms with Gasteiger partial charge in [-0.1, -0.05) is 30.3 Å². The molecule has 128 valence electrons. The highest BCUT2D eigenvalue weighted by molar-refractivity contribution is 7.09. The molecule has 25 heavy (non-hydrogen) atoms. The molecule has 1 aliphatic heterocycles. The number of hydrogen-bond donors (Lipinski definition) is 0. The molecule has 0 saturated carbocycles. The van der Waals surface area contributed by atoms with E-state index in [0.29, 0.717) is 6.01 Å². The molecule has 0 aliphatic carbocycles. The summed E-state index contributed by atoms with van der Waals surface area (Å²) in [5.74, 6) is 0. The molecule has 4 rings (SSSR count). The molecule has 2 aromatic heterocycles. The van der Waals surface area contributed by atoms with Crippen molar-refractivity contribution in [2.75, 3.05) is 13.1 Å². The second kappa shape index (κ2) is 7.72. The number of thiazole rings is 1. The van der Waals surface area contributed by atoms with E-state index in [1.807, 2.05) is 6.07 Å². The highest BCUT2D eigenvalue weighted by Gasteiger charge is 2.22. The first-order valence-electron chi connectivity index (χ1n) is 8.53. The van der Waals surface area contributed by atoms with Gasteiger partial charge in [0.2, 0.25) is 0 Å². The summed E-state index contributed by atoms with van der Waals surface area (Å²) in [6, 6.07) is 12.6. The first-order chi connectivity index (χ1) is 12.4. The number of hydrogen-bond acceptors (Lipinski definition) is 6. The Morgan fingerprint density at radius 2 is 1.80 bits per heavy atom. The Bertz CT molecular complexity index is 785. The van der Waals surface area contributed by atoms with Crippen LogP contribution in [0.2, 0.25) is 0 Å². The fourth-order valence-corrected chi connectivity index (χ4v) is 3.84. The number of aromatic nitrogens is 3. The molecule has 1 aliphatic rings. The lowest BCUT2D eigenvalue weighted by atomic mass is 10.1. The van der Waals surface area contributed by atoms with Crippen LogP contribution in [0.25, 0.3) is 11.3 Å². The van der Waals surface area contributed by atoms with E-state index in [1.165, 1.54) is 10.6 Å². The molecule has 1 saturated heterocycles. The first kappa shape index (κ1) is 16.2. The minimum Gasteiger partial charge on any atom is -0.460 e. The van der Waals surface area contributed by atoms with Crippen molar-refractivity contribution in [3.63, 3.8) is 0 Å². The van der Waals surface area contributed by atoms with Crippen LogP contribution >= 0.6 is 11.3 Å². The highest BCUT2D eigenvalue weighted by atomic mass is 32.1. The van der Waals surface area contributed by atoms with Crippen LogP contribution in [0.15, 0.2) is 54.2 Å². The van der Waals surface area contributed by atoms with Gasteiger partial charge in [-0.25, -0.2) is 15.0 Å². The molecule has 0 unspecified atom stereocenters. The van der Waals surface area contributed by atoms with Gasteiger partial charge in [0.1, 0.15) is 11.1 Å². The van der Waals surface area contributed by atoms with Crippen molar-refractivity contribution in [2.45, 2.75) is 25.5 Å². The summed E-state index contributed by atoms with van der Waals surface area (Å²) in [5.41, 5.74) is 2.25. The van der Waals surface area contributed by atoms with Crippen molar-refractivity contribution in [1.29, 1.82) is 0 Å². The Morgan fingerprint density at radius 3 is 2.56 bits per heavy atom. The average Bonchev–Trinajstić information content (AvgIpc) is 3.14. The third kappa shape index (κ3) is 4.21. The number of piperidine rings is 1. The Kier molecular flexibility index (Phi) is 4.99. The molecule has 0 amide bonds. The Hall–Kier alpha value is -2.31. The third-order valence-electron chi connectivity index (χ3n) is 4.33. The number of ether oxygens (including phenoxy) is 1. The fraction of sp³-hybridized carbons (Fsp3) is 0.316. The quantitative estimate of drug-likeness (QED) is 0.702. The molecule has 5 nitrogen and oxygen atoms in total. The molecular weight excluding hydrogens is 332 g/mol. The van der Waals surface area contributed by atoms with Gasteiger partial charge in [-0.3, -0.25) is 4.90 Å². The minimum atomic E-state index is 0.204. The Balaban J connectivity index is 1.30. The van der Waals surface area contributed by atoms with Gasteiger partial charge < -0.3 is 4.74 Å². The van der Waals surface area contributed by atoms with Gasteiger partial charge in [-0.2, -0.15) is 0 Å². The van der Waals surface area contributed by atoms with Crippen molar-refractivity contribution in [1.82, 2.24) is 19.9 Å². The molecule has 0 spiro atoms. The van der Waals surface area contributed by atoms with Crippen LogP contribution in [-0.4, -0.2) is 39.0 Å². The van der Waals surface area contributed by atoms with Crippen LogP contribution < -0.4 is 4.74 Å². The molecule has 3 heterocycles. The van der Waals surface area contributed by atoms with Crippen molar-refractivity contribution in [3.8, 4) is 17.3 Å². The molecule has 0 radical (unpaired) electrons. The highest BCUT2D eigenvalue weighted by Crippen LogP contribution is 2.24. The van der Waals surface area contributed by atoms with Gasteiger partial charge in [0.25, 0.3) is 0 Å². The molecular formula is C19H20N4OS. The predicted molar refractivity (Wildman–Crippen MR) is 98.5 cm³/mol. The smallest absolute Gasteiger partial charge is 0.316 e. The van der Waals surface area contributed by atoms with Gasteiger partial charge in [0.05, 0.1) is 12.2 Å². The second-order valence-electron chi connectivity index (χ2n) is 6.12. The van der Waals surface area contributed by atoms with Crippen LogP contribution in [0.1, 0.15) is 17.8 Å². The first-order valence-corrected chi connectivity index (χ1v) is 9.40. The fourth-order valence-electron chi connectivity index (χ4n) is 3.00. The molecule has 0 bridgehead atoms. The summed E-state index contributed by atoms with van der Waals surface area (Å²) in [6.45, 7) is 2.93. The van der Waals surface area contributed by atoms with Gasteiger partial charge in [0, 0.05) is 36.4 Å². The van der Waals surface area contributed by atoms with E-state index in [4.69, 9.17) is 9.72 Å². The molecule has 0 N–H and O–H groups in total. The third-order valence-corrected chi connectivity index (χ3v) is 5.16. The molecule has 1 aromatic carbocycles. The van der Waals surface area contributed by atoms with E-state index in [1.54, 1.807) is 29.8 Å². The van der Waals surface area contributed by atoms with Crippen LogP contribution in [0, 0.1) is 0 Å². The monoisotopic (exact) mass is 352 g/mol. The molecule has 0 atom stereocenters. The number of likely N-dealkylation sites (tertiary alicyclic amines) is 1. The summed E-state index contributed by atoms with van der Waals surface area (Å²) in [4.78, 5) is 15.5. The SMILES string of the molecule is c1ccc(-c2csc(CN3CCC(Oc4ncccn4)CC3)n2)cc1. The molecule has 3 aromatic rings. The van der Waals surface area contributed by atoms with Gasteiger partial charge >= 0.3 is 6.01 Å². The van der Waals surface area contributed by atoms with Crippen LogP contribution in [0.5, 0.6) is 6.01 Å². The van der Waals surface area contributed by atoms with E-state index < -0.39 is 0 Å². The lowest BCUT2D eigenvalue weighted by molar-refractivity contribution is 0.0892. The van der Waals surface area contributed by atoms with Crippen LogP contribution in [0.4, 0.5) is 0 Å². The van der Waals surface area contributed by atoms with E-state index in [-0.39, 0.29) is 6.10 Å². The summed E-state index contributed by atoms with van der Waals surface area (Å²) < 4.78 is 5.85. The summed E-state index contributed by atoms with van der Waals surface area (Å²) in [7, 11) is 0. The van der Waals surface area contributed by atoms with Gasteiger partial charge in [-0.05, 0) is 18.9 Å². The van der Waals surface area contributed by atoms with Crippen molar-refractivity contribution in [2.24, 2.45) is 0 Å². The lowest BCUT2D eigenvalue weighted by Crippen LogP contribution is -2.38. The zero-order valence-electron chi connectivity index (χ0n) is 13.9. The second-order valence-corrected chi connectivity index (χ2v) is 7.06. The van der Waals surface area contributed by atoms with Crippen LogP contribution in [-0.2, 0) is 6.54 Å². The van der Waals surface area contributed by atoms with E-state index >= 15 is 0 Å².